The molecular weight excluding hydrogens is 342 g/mol. The Labute approximate surface area is 120 Å². The molecular formula is C7H14N6O5P2S. The van der Waals surface area contributed by atoms with Crippen LogP contribution in [0.2, 0.25) is 0 Å². The van der Waals surface area contributed by atoms with Gasteiger partial charge < -0.3 is 5.73 Å². The van der Waals surface area contributed by atoms with E-state index in [2.05, 4.69) is 0 Å². The third-order valence-corrected chi connectivity index (χ3v) is 9.05. The minimum Gasteiger partial charge on any atom is -0.366 e. The number of amides is 1. The van der Waals surface area contributed by atoms with Crippen LogP contribution in [-0.4, -0.2) is 18.2 Å². The van der Waals surface area contributed by atoms with Crippen LogP contribution in [0.4, 0.5) is 0 Å². The molecule has 0 aromatic heterocycles. The molecule has 0 fully saturated rings. The Morgan fingerprint density at radius 3 is 1.62 bits per heavy atom. The second-order valence-corrected chi connectivity index (χ2v) is 10.1. The van der Waals surface area contributed by atoms with E-state index in [0.29, 0.717) is 0 Å². The molecule has 10 N–H and O–H groups in total. The molecule has 1 rings (SSSR count). The number of hydrogen-bond donors (Lipinski definition) is 5. The predicted molar refractivity (Wildman–Crippen MR) is 75.9 cm³/mol. The number of primary amides is 1. The highest BCUT2D eigenvalue weighted by molar-refractivity contribution is 8.02. The monoisotopic (exact) mass is 356 g/mol. The summed E-state index contributed by atoms with van der Waals surface area (Å²) >= 11 is 0. The minimum absolute atomic E-state index is 0.0212. The number of benzene rings is 1. The van der Waals surface area contributed by atoms with Crippen LogP contribution in [0.1, 0.15) is 10.4 Å². The number of nitrogens with two attached hydrogens (primary N) is 5. The van der Waals surface area contributed by atoms with Crippen LogP contribution < -0.4 is 27.8 Å². The van der Waals surface area contributed by atoms with Gasteiger partial charge in [-0.3, -0.25) is 35.9 Å². The zero-order valence-corrected chi connectivity index (χ0v) is 13.1. The third-order valence-electron chi connectivity index (χ3n) is 2.19. The SMILES string of the molecule is NC(=O)c1ccc(S(=O)(=O)N(P(N)(N)=O)P(N)(N)=O)cc1. The van der Waals surface area contributed by atoms with E-state index in [-0.39, 0.29) is 9.41 Å². The van der Waals surface area contributed by atoms with E-state index in [1.165, 1.54) is 0 Å². The summed E-state index contributed by atoms with van der Waals surface area (Å²) < 4.78 is 47.5. The van der Waals surface area contributed by atoms with Crippen molar-refractivity contribution in [2.24, 2.45) is 27.8 Å². The molecule has 0 saturated heterocycles. The maximum absolute atomic E-state index is 12.3. The highest BCUT2D eigenvalue weighted by atomic mass is 32.2. The van der Waals surface area contributed by atoms with E-state index in [4.69, 9.17) is 27.8 Å². The fourth-order valence-corrected chi connectivity index (χ4v) is 7.11. The third kappa shape index (κ3) is 3.96. The van der Waals surface area contributed by atoms with Gasteiger partial charge in [0, 0.05) is 5.56 Å². The fraction of sp³-hybridized carbons (Fsp3) is 0. The van der Waals surface area contributed by atoms with Crippen molar-refractivity contribution in [2.45, 2.75) is 4.90 Å². The van der Waals surface area contributed by atoms with Gasteiger partial charge in [0.15, 0.2) is 0 Å². The van der Waals surface area contributed by atoms with Crippen LogP contribution in [0.3, 0.4) is 0 Å². The number of carbonyl (C=O) groups excluding carboxylic acids is 1. The summed E-state index contributed by atoms with van der Waals surface area (Å²) in [6, 6.07) is 4.08. The molecule has 0 atom stereocenters. The van der Waals surface area contributed by atoms with Gasteiger partial charge in [0.1, 0.15) is 0 Å². The average Bonchev–Trinajstić information content (AvgIpc) is 2.24. The van der Waals surface area contributed by atoms with Gasteiger partial charge in [-0.2, -0.15) is 0 Å². The molecule has 0 aliphatic carbocycles. The van der Waals surface area contributed by atoms with Crippen LogP contribution >= 0.6 is 15.2 Å². The zero-order chi connectivity index (χ0) is 16.6. The van der Waals surface area contributed by atoms with Crippen molar-refractivity contribution in [3.63, 3.8) is 0 Å². The second kappa shape index (κ2) is 5.59. The number of carbonyl (C=O) groups is 1. The summed E-state index contributed by atoms with van der Waals surface area (Å²) in [4.78, 5) is 10.4. The van der Waals surface area contributed by atoms with Crippen LogP contribution in [0.15, 0.2) is 29.2 Å². The molecule has 14 heteroatoms. The fourth-order valence-electron chi connectivity index (χ4n) is 1.44. The van der Waals surface area contributed by atoms with Crippen LogP contribution in [0, 0.1) is 0 Å². The average molecular weight is 356 g/mol. The number of nitrogens with zero attached hydrogens (tertiary/aromatic N) is 1. The van der Waals surface area contributed by atoms with Gasteiger partial charge in [-0.15, -0.1) is 0 Å². The van der Waals surface area contributed by atoms with Gasteiger partial charge in [0.2, 0.25) is 5.91 Å². The summed E-state index contributed by atoms with van der Waals surface area (Å²) in [5.74, 6) is -0.789. The van der Waals surface area contributed by atoms with E-state index in [9.17, 15) is 22.3 Å². The van der Waals surface area contributed by atoms with Crippen LogP contribution in [-0.2, 0) is 19.2 Å². The molecule has 0 saturated carbocycles. The second-order valence-electron chi connectivity index (χ2n) is 3.96. The molecule has 0 aliphatic heterocycles. The smallest absolute Gasteiger partial charge is 0.298 e. The summed E-state index contributed by atoms with van der Waals surface area (Å²) in [5.41, 5.74) is 25.2. The lowest BCUT2D eigenvalue weighted by Crippen LogP contribution is -2.37. The first kappa shape index (κ1) is 18.0. The topological polar surface area (TPSA) is 219 Å². The summed E-state index contributed by atoms with van der Waals surface area (Å²) in [7, 11) is -13.9. The van der Waals surface area contributed by atoms with E-state index < -0.39 is 36.0 Å². The Bertz CT molecular complexity index is 728. The molecule has 0 bridgehead atoms. The summed E-state index contributed by atoms with van der Waals surface area (Å²) in [6.07, 6.45) is 0. The molecule has 0 aliphatic rings. The highest BCUT2D eigenvalue weighted by Gasteiger charge is 2.44. The standard InChI is InChI=1S/C7H14N6O5P2S/c8-7(14)5-1-3-6(4-2-5)21(17,18)13(19(9,10)15)20(11,12)16/h1-4H,(H2,8,14)(H4,9,10,15)(H4,11,12,16). The van der Waals surface area contributed by atoms with Gasteiger partial charge in [0.05, 0.1) is 4.90 Å². The molecule has 1 aromatic rings. The number of sulfonamides is 1. The first-order valence-electron chi connectivity index (χ1n) is 5.08. The first-order valence-corrected chi connectivity index (χ1v) is 10.1. The van der Waals surface area contributed by atoms with Crippen molar-refractivity contribution in [1.29, 1.82) is 0 Å². The Morgan fingerprint density at radius 2 is 1.33 bits per heavy atom. The van der Waals surface area contributed by atoms with Gasteiger partial charge in [-0.05, 0) is 28.1 Å². The summed E-state index contributed by atoms with van der Waals surface area (Å²) in [5, 5.41) is 0. The molecule has 1 aromatic carbocycles. The molecule has 0 unspecified atom stereocenters. The van der Waals surface area contributed by atoms with Crippen molar-refractivity contribution in [2.75, 3.05) is 0 Å². The van der Waals surface area contributed by atoms with Crippen LogP contribution in [0.25, 0.3) is 0 Å². The molecule has 21 heavy (non-hydrogen) atoms. The normalized spacial score (nSPS) is 13.4. The van der Waals surface area contributed by atoms with E-state index in [1.54, 1.807) is 0 Å². The van der Waals surface area contributed by atoms with Crippen LogP contribution in [0.5, 0.6) is 0 Å². The largest absolute Gasteiger partial charge is 0.366 e. The molecule has 0 spiro atoms. The number of rotatable bonds is 5. The van der Waals surface area contributed by atoms with Crippen molar-refractivity contribution in [3.05, 3.63) is 29.8 Å². The van der Waals surface area contributed by atoms with Gasteiger partial charge >= 0.3 is 0 Å². The molecule has 0 heterocycles. The predicted octanol–water partition coefficient (Wildman–Crippen LogP) is -1.17. The van der Waals surface area contributed by atoms with E-state index in [1.807, 2.05) is 0 Å². The maximum atomic E-state index is 12.3. The maximum Gasteiger partial charge on any atom is 0.298 e. The quantitative estimate of drug-likeness (QED) is 0.400. The van der Waals surface area contributed by atoms with Gasteiger partial charge in [0.25, 0.3) is 25.2 Å². The van der Waals surface area contributed by atoms with Crippen molar-refractivity contribution < 1.29 is 22.3 Å². The highest BCUT2D eigenvalue weighted by Crippen LogP contribution is 2.53. The van der Waals surface area contributed by atoms with Crippen molar-refractivity contribution >= 4 is 31.1 Å². The Morgan fingerprint density at radius 1 is 0.952 bits per heavy atom. The Kier molecular flexibility index (Phi) is 4.78. The first-order chi connectivity index (χ1) is 9.28. The van der Waals surface area contributed by atoms with Gasteiger partial charge in [-0.25, -0.2) is 8.42 Å². The van der Waals surface area contributed by atoms with Crippen molar-refractivity contribution in [1.82, 2.24) is 3.85 Å². The molecule has 118 valence electrons. The Balaban J connectivity index is 3.47. The van der Waals surface area contributed by atoms with Crippen molar-refractivity contribution in [3.8, 4) is 0 Å². The lowest BCUT2D eigenvalue weighted by Gasteiger charge is -2.26. The molecule has 1 amide bonds. The van der Waals surface area contributed by atoms with Gasteiger partial charge in [-0.1, -0.05) is 0 Å². The summed E-state index contributed by atoms with van der Waals surface area (Å²) in [6.45, 7) is 0. The Hall–Kier alpha value is -1.10. The molecule has 0 radical (unpaired) electrons. The lowest BCUT2D eigenvalue weighted by atomic mass is 10.2. The minimum atomic E-state index is -4.70. The zero-order valence-electron chi connectivity index (χ0n) is 10.5. The lowest BCUT2D eigenvalue weighted by molar-refractivity contribution is 0.1000. The molecule has 11 nitrogen and oxygen atoms in total. The van der Waals surface area contributed by atoms with E-state index >= 15 is 0 Å². The van der Waals surface area contributed by atoms with E-state index in [0.717, 1.165) is 24.3 Å². The number of hydrogen-bond acceptors (Lipinski definition) is 5.